The number of nitro groups is 1. The smallest absolute Gasteiger partial charge is 0.358 e. The Morgan fingerprint density at radius 1 is 1.19 bits per heavy atom. The van der Waals surface area contributed by atoms with Gasteiger partial charge in [0.15, 0.2) is 29.3 Å². The van der Waals surface area contributed by atoms with Gasteiger partial charge in [-0.3, -0.25) is 4.79 Å². The normalized spacial score (nSPS) is 12.1. The molecular weight excluding hydrogens is 367 g/mol. The van der Waals surface area contributed by atoms with E-state index in [1.807, 2.05) is 0 Å². The fourth-order valence-electron chi connectivity index (χ4n) is 2.27. The van der Waals surface area contributed by atoms with E-state index in [2.05, 4.69) is 5.10 Å². The first kappa shape index (κ1) is 19.3. The number of nitrogens with zero attached hydrogens (tertiary/aromatic N) is 3. The molecule has 1 aromatic carbocycles. The third-order valence-corrected chi connectivity index (χ3v) is 3.54. The van der Waals surface area contributed by atoms with Crippen LogP contribution in [0.15, 0.2) is 6.07 Å². The molecule has 0 saturated heterocycles. The number of carbonyl (C=O) groups excluding carboxylic acids is 1. The highest BCUT2D eigenvalue weighted by Gasteiger charge is 2.31. The van der Waals surface area contributed by atoms with Crippen LogP contribution in [0.25, 0.3) is 0 Å². The van der Waals surface area contributed by atoms with Crippen molar-refractivity contribution in [1.82, 2.24) is 9.78 Å². The molecule has 0 bridgehead atoms. The van der Waals surface area contributed by atoms with E-state index in [1.165, 1.54) is 13.8 Å². The van der Waals surface area contributed by atoms with E-state index >= 15 is 0 Å². The minimum absolute atomic E-state index is 0.0269. The molecule has 0 aliphatic heterocycles. The summed E-state index contributed by atoms with van der Waals surface area (Å²) >= 11 is 0. The topological polar surface area (TPSA) is 90.1 Å². The summed E-state index contributed by atoms with van der Waals surface area (Å²) < 4.78 is 67.7. The summed E-state index contributed by atoms with van der Waals surface area (Å²) in [6.45, 7) is 2.87. The molecule has 26 heavy (non-hydrogen) atoms. The van der Waals surface area contributed by atoms with Gasteiger partial charge in [-0.15, -0.1) is 0 Å². The van der Waals surface area contributed by atoms with Gasteiger partial charge in [0.1, 0.15) is 5.69 Å². The summed E-state index contributed by atoms with van der Waals surface area (Å²) in [5.41, 5.74) is -1.32. The number of aromatic nitrogens is 2. The van der Waals surface area contributed by atoms with Crippen molar-refractivity contribution in [3.8, 4) is 0 Å². The Balaban J connectivity index is 2.42. The van der Waals surface area contributed by atoms with Crippen LogP contribution < -0.4 is 5.32 Å². The quantitative estimate of drug-likeness (QED) is 0.284. The standard InChI is InChI=1S/C14H11F5N4O3/c1-3-6(22-5(2)4-7(21-22)23(25)26)14(24)20-13-11(18)9(16)8(15)10(17)12(13)19/h4,6H,3H2,1-2H3,(H,20,24). The van der Waals surface area contributed by atoms with Crippen LogP contribution in [-0.2, 0) is 4.79 Å². The van der Waals surface area contributed by atoms with Gasteiger partial charge in [-0.05, 0) is 18.3 Å². The molecule has 1 atom stereocenters. The largest absolute Gasteiger partial charge is 0.390 e. The van der Waals surface area contributed by atoms with Crippen LogP contribution in [0.3, 0.4) is 0 Å². The van der Waals surface area contributed by atoms with Crippen LogP contribution in [0, 0.1) is 46.1 Å². The van der Waals surface area contributed by atoms with Crippen molar-refractivity contribution in [2.75, 3.05) is 5.32 Å². The number of amides is 1. The number of benzene rings is 1. The predicted molar refractivity (Wildman–Crippen MR) is 77.8 cm³/mol. The van der Waals surface area contributed by atoms with E-state index in [-0.39, 0.29) is 12.1 Å². The van der Waals surface area contributed by atoms with Gasteiger partial charge >= 0.3 is 5.82 Å². The lowest BCUT2D eigenvalue weighted by Crippen LogP contribution is -2.28. The van der Waals surface area contributed by atoms with Crippen LogP contribution in [0.2, 0.25) is 0 Å². The van der Waals surface area contributed by atoms with E-state index < -0.39 is 57.5 Å². The number of hydrogen-bond donors (Lipinski definition) is 1. The van der Waals surface area contributed by atoms with Crippen molar-refractivity contribution in [2.45, 2.75) is 26.3 Å². The average molecular weight is 378 g/mol. The predicted octanol–water partition coefficient (Wildman–Crippen LogP) is 3.39. The molecule has 0 saturated carbocycles. The zero-order chi connectivity index (χ0) is 19.8. The van der Waals surface area contributed by atoms with Gasteiger partial charge in [0, 0.05) is 0 Å². The second-order valence-electron chi connectivity index (χ2n) is 5.20. The first-order valence-electron chi connectivity index (χ1n) is 7.12. The first-order valence-corrected chi connectivity index (χ1v) is 7.12. The van der Waals surface area contributed by atoms with E-state index in [4.69, 9.17) is 0 Å². The highest BCUT2D eigenvalue weighted by atomic mass is 19.2. The number of hydrogen-bond acceptors (Lipinski definition) is 4. The van der Waals surface area contributed by atoms with E-state index in [0.717, 1.165) is 10.7 Å². The molecule has 1 N–H and O–H groups in total. The van der Waals surface area contributed by atoms with Gasteiger partial charge in [0.25, 0.3) is 5.91 Å². The molecule has 2 aromatic rings. The molecule has 1 aromatic heterocycles. The van der Waals surface area contributed by atoms with E-state index in [0.29, 0.717) is 0 Å². The minimum Gasteiger partial charge on any atom is -0.358 e. The average Bonchev–Trinajstić information content (AvgIpc) is 2.98. The van der Waals surface area contributed by atoms with Crippen molar-refractivity contribution in [3.63, 3.8) is 0 Å². The second-order valence-corrected chi connectivity index (χ2v) is 5.20. The summed E-state index contributed by atoms with van der Waals surface area (Å²) in [5.74, 6) is -12.9. The molecule has 7 nitrogen and oxygen atoms in total. The summed E-state index contributed by atoms with van der Waals surface area (Å²) in [7, 11) is 0. The maximum atomic E-state index is 13.7. The van der Waals surface area contributed by atoms with Gasteiger partial charge in [-0.25, -0.2) is 22.0 Å². The zero-order valence-corrected chi connectivity index (χ0v) is 13.3. The monoisotopic (exact) mass is 378 g/mol. The first-order chi connectivity index (χ1) is 12.1. The van der Waals surface area contributed by atoms with Crippen LogP contribution in [0.1, 0.15) is 25.1 Å². The molecule has 140 valence electrons. The fraction of sp³-hybridized carbons (Fsp3) is 0.286. The van der Waals surface area contributed by atoms with Crippen LogP contribution in [0.5, 0.6) is 0 Å². The highest BCUT2D eigenvalue weighted by Crippen LogP contribution is 2.28. The maximum absolute atomic E-state index is 13.7. The van der Waals surface area contributed by atoms with Gasteiger partial charge < -0.3 is 15.4 Å². The second kappa shape index (κ2) is 7.06. The molecule has 1 unspecified atom stereocenters. The van der Waals surface area contributed by atoms with Crippen molar-refractivity contribution < 1.29 is 31.7 Å². The van der Waals surface area contributed by atoms with Crippen molar-refractivity contribution in [1.29, 1.82) is 0 Å². The zero-order valence-electron chi connectivity index (χ0n) is 13.3. The number of nitrogens with one attached hydrogen (secondary N) is 1. The lowest BCUT2D eigenvalue weighted by atomic mass is 10.2. The van der Waals surface area contributed by atoms with Gasteiger partial charge in [-0.2, -0.15) is 4.68 Å². The molecule has 0 fully saturated rings. The molecule has 0 aliphatic rings. The SMILES string of the molecule is CCC(C(=O)Nc1c(F)c(F)c(F)c(F)c1F)n1nc([N+](=O)[O-])cc1C. The Hall–Kier alpha value is -3.05. The van der Waals surface area contributed by atoms with E-state index in [9.17, 15) is 36.9 Å². The molecule has 1 heterocycles. The maximum Gasteiger partial charge on any atom is 0.390 e. The van der Waals surface area contributed by atoms with Crippen LogP contribution in [0.4, 0.5) is 33.5 Å². The van der Waals surface area contributed by atoms with Crippen LogP contribution >= 0.6 is 0 Å². The van der Waals surface area contributed by atoms with Crippen molar-refractivity contribution >= 4 is 17.4 Å². The van der Waals surface area contributed by atoms with Crippen LogP contribution in [-0.4, -0.2) is 20.6 Å². The van der Waals surface area contributed by atoms with Gasteiger partial charge in [0.05, 0.1) is 16.9 Å². The molecule has 12 heteroatoms. The van der Waals surface area contributed by atoms with Crippen molar-refractivity contribution in [3.05, 3.63) is 51.0 Å². The number of aryl methyl sites for hydroxylation is 1. The Morgan fingerprint density at radius 2 is 1.69 bits per heavy atom. The Morgan fingerprint density at radius 3 is 2.12 bits per heavy atom. The minimum atomic E-state index is -2.36. The summed E-state index contributed by atoms with van der Waals surface area (Å²) in [6.07, 6.45) is -0.0269. The number of carbonyl (C=O) groups is 1. The summed E-state index contributed by atoms with van der Waals surface area (Å²) in [5, 5.41) is 16.0. The van der Waals surface area contributed by atoms with Gasteiger partial charge in [-0.1, -0.05) is 6.92 Å². The Kier molecular flexibility index (Phi) is 5.23. The lowest BCUT2D eigenvalue weighted by Gasteiger charge is -2.15. The molecule has 1 amide bonds. The molecule has 0 aliphatic carbocycles. The molecule has 2 rings (SSSR count). The molecule has 0 spiro atoms. The highest BCUT2D eigenvalue weighted by molar-refractivity contribution is 5.94. The number of rotatable bonds is 5. The lowest BCUT2D eigenvalue weighted by molar-refractivity contribution is -0.389. The number of anilines is 1. The Bertz CT molecular complexity index is 870. The number of halogens is 5. The van der Waals surface area contributed by atoms with Crippen molar-refractivity contribution in [2.24, 2.45) is 0 Å². The third-order valence-electron chi connectivity index (χ3n) is 3.54. The third kappa shape index (κ3) is 3.21. The molecular formula is C14H11F5N4O3. The Labute approximate surface area is 142 Å². The van der Waals surface area contributed by atoms with E-state index in [1.54, 1.807) is 5.32 Å². The fourth-order valence-corrected chi connectivity index (χ4v) is 2.27. The summed E-state index contributed by atoms with van der Waals surface area (Å²) in [6, 6.07) is -0.215. The summed E-state index contributed by atoms with van der Waals surface area (Å²) in [4.78, 5) is 22.2. The van der Waals surface area contributed by atoms with Gasteiger partial charge in [0.2, 0.25) is 5.82 Å². The molecule has 0 radical (unpaired) electrons.